The number of amides is 1. The molecule has 0 atom stereocenters. The van der Waals surface area contributed by atoms with E-state index in [0.717, 1.165) is 30.7 Å². The van der Waals surface area contributed by atoms with Crippen molar-refractivity contribution in [3.05, 3.63) is 41.6 Å². The summed E-state index contributed by atoms with van der Waals surface area (Å²) in [6.07, 6.45) is -2.56. The summed E-state index contributed by atoms with van der Waals surface area (Å²) >= 11 is 0. The average Bonchev–Trinajstić information content (AvgIpc) is 3.19. The maximum atomic E-state index is 12.0. The third-order valence-corrected chi connectivity index (χ3v) is 3.19. The van der Waals surface area contributed by atoms with Crippen molar-refractivity contribution in [2.24, 2.45) is 0 Å². The zero-order valence-electron chi connectivity index (χ0n) is 11.3. The molecule has 3 rings (SSSR count). The molecule has 22 heavy (non-hydrogen) atoms. The van der Waals surface area contributed by atoms with Gasteiger partial charge in [-0.15, -0.1) is 13.2 Å². The number of aromatic nitrogens is 2. The summed E-state index contributed by atoms with van der Waals surface area (Å²) in [6.45, 7) is 0. The third-order valence-electron chi connectivity index (χ3n) is 3.19. The summed E-state index contributed by atoms with van der Waals surface area (Å²) in [5.74, 6) is 0.106. The second kappa shape index (κ2) is 5.36. The average molecular weight is 311 g/mol. The summed E-state index contributed by atoms with van der Waals surface area (Å²) in [6, 6.07) is 6.45. The number of carbonyl (C=O) groups excluding carboxylic acids is 1. The Bertz CT molecular complexity index is 675. The van der Waals surface area contributed by atoms with Gasteiger partial charge in [-0.2, -0.15) is 5.10 Å². The Hall–Kier alpha value is -2.51. The number of H-pyrrole nitrogens is 1. The van der Waals surface area contributed by atoms with Gasteiger partial charge in [0.1, 0.15) is 11.6 Å². The van der Waals surface area contributed by atoms with Gasteiger partial charge in [0, 0.05) is 17.5 Å². The Labute approximate surface area is 123 Å². The predicted molar refractivity (Wildman–Crippen MR) is 71.6 cm³/mol. The number of hydrogen-bond donors (Lipinski definition) is 2. The minimum atomic E-state index is -4.75. The van der Waals surface area contributed by atoms with Crippen molar-refractivity contribution >= 4 is 11.7 Å². The molecule has 2 N–H and O–H groups in total. The number of alkyl halides is 3. The van der Waals surface area contributed by atoms with Crippen LogP contribution in [0.2, 0.25) is 0 Å². The molecule has 1 aromatic heterocycles. The fraction of sp³-hybridized carbons (Fsp3) is 0.286. The van der Waals surface area contributed by atoms with Crippen molar-refractivity contribution in [1.29, 1.82) is 0 Å². The first-order valence-electron chi connectivity index (χ1n) is 6.63. The Morgan fingerprint density at radius 1 is 1.27 bits per heavy atom. The van der Waals surface area contributed by atoms with Crippen LogP contribution in [0.25, 0.3) is 0 Å². The fourth-order valence-electron chi connectivity index (χ4n) is 1.99. The van der Waals surface area contributed by atoms with Crippen molar-refractivity contribution in [2.45, 2.75) is 25.1 Å². The molecule has 1 aliphatic rings. The quantitative estimate of drug-likeness (QED) is 0.909. The van der Waals surface area contributed by atoms with Crippen LogP contribution in [0, 0.1) is 0 Å². The van der Waals surface area contributed by atoms with Crippen LogP contribution in [0.4, 0.5) is 19.0 Å². The molecule has 2 aromatic rings. The largest absolute Gasteiger partial charge is 0.573 e. The molecule has 5 nitrogen and oxygen atoms in total. The van der Waals surface area contributed by atoms with Gasteiger partial charge in [0.05, 0.1) is 5.69 Å². The predicted octanol–water partition coefficient (Wildman–Crippen LogP) is 3.44. The van der Waals surface area contributed by atoms with Crippen LogP contribution in [0.1, 0.15) is 34.8 Å². The van der Waals surface area contributed by atoms with Crippen LogP contribution in [0.3, 0.4) is 0 Å². The topological polar surface area (TPSA) is 67.0 Å². The molecule has 1 aromatic carbocycles. The molecule has 1 fully saturated rings. The normalized spacial score (nSPS) is 14.7. The fourth-order valence-corrected chi connectivity index (χ4v) is 1.99. The molecule has 1 amide bonds. The van der Waals surface area contributed by atoms with E-state index in [1.807, 2.05) is 0 Å². The second-order valence-electron chi connectivity index (χ2n) is 5.01. The summed E-state index contributed by atoms with van der Waals surface area (Å²) in [7, 11) is 0. The van der Waals surface area contributed by atoms with Crippen LogP contribution in [-0.4, -0.2) is 22.5 Å². The Morgan fingerprint density at radius 2 is 1.95 bits per heavy atom. The first kappa shape index (κ1) is 14.4. The van der Waals surface area contributed by atoms with Crippen molar-refractivity contribution in [3.8, 4) is 5.75 Å². The summed E-state index contributed by atoms with van der Waals surface area (Å²) < 4.78 is 39.9. The number of hydrogen-bond acceptors (Lipinski definition) is 3. The lowest BCUT2D eigenvalue weighted by Gasteiger charge is -2.09. The molecule has 0 radical (unpaired) electrons. The molecule has 1 heterocycles. The van der Waals surface area contributed by atoms with Gasteiger partial charge < -0.3 is 10.1 Å². The van der Waals surface area contributed by atoms with E-state index in [1.54, 1.807) is 6.07 Å². The molecule has 8 heteroatoms. The minimum Gasteiger partial charge on any atom is -0.406 e. The highest BCUT2D eigenvalue weighted by Gasteiger charge is 2.31. The van der Waals surface area contributed by atoms with Gasteiger partial charge in [0.2, 0.25) is 0 Å². The van der Waals surface area contributed by atoms with Crippen LogP contribution in [0.5, 0.6) is 5.75 Å². The van der Waals surface area contributed by atoms with Gasteiger partial charge in [-0.05, 0) is 37.1 Å². The Kier molecular flexibility index (Phi) is 3.51. The van der Waals surface area contributed by atoms with E-state index in [1.165, 1.54) is 12.1 Å². The minimum absolute atomic E-state index is 0.220. The van der Waals surface area contributed by atoms with Crippen LogP contribution < -0.4 is 10.1 Å². The number of rotatable bonds is 4. The van der Waals surface area contributed by atoms with Gasteiger partial charge >= 0.3 is 6.36 Å². The molecule has 0 spiro atoms. The lowest BCUT2D eigenvalue weighted by molar-refractivity contribution is -0.274. The molecule has 0 unspecified atom stereocenters. The first-order valence-corrected chi connectivity index (χ1v) is 6.63. The maximum absolute atomic E-state index is 12.0. The molecule has 1 saturated carbocycles. The molecule has 0 saturated heterocycles. The molecular formula is C14H12F3N3O2. The van der Waals surface area contributed by atoms with Gasteiger partial charge in [-0.25, -0.2) is 0 Å². The van der Waals surface area contributed by atoms with E-state index in [2.05, 4.69) is 20.3 Å². The van der Waals surface area contributed by atoms with E-state index < -0.39 is 12.3 Å². The zero-order valence-corrected chi connectivity index (χ0v) is 11.3. The molecular weight excluding hydrogens is 299 g/mol. The van der Waals surface area contributed by atoms with Crippen molar-refractivity contribution in [2.75, 3.05) is 5.32 Å². The highest BCUT2D eigenvalue weighted by Crippen LogP contribution is 2.39. The highest BCUT2D eigenvalue weighted by molar-refractivity contribution is 6.03. The Balaban J connectivity index is 1.63. The van der Waals surface area contributed by atoms with Gasteiger partial charge in [0.15, 0.2) is 0 Å². The number of aromatic amines is 1. The maximum Gasteiger partial charge on any atom is 0.573 e. The monoisotopic (exact) mass is 311 g/mol. The first-order chi connectivity index (χ1) is 10.4. The van der Waals surface area contributed by atoms with Crippen molar-refractivity contribution in [3.63, 3.8) is 0 Å². The summed E-state index contributed by atoms with van der Waals surface area (Å²) in [5.41, 5.74) is 1.13. The van der Waals surface area contributed by atoms with Crippen molar-refractivity contribution in [1.82, 2.24) is 10.2 Å². The third kappa shape index (κ3) is 3.57. The van der Waals surface area contributed by atoms with E-state index in [0.29, 0.717) is 11.7 Å². The number of benzene rings is 1. The lowest BCUT2D eigenvalue weighted by atomic mass is 10.2. The van der Waals surface area contributed by atoms with Gasteiger partial charge in [-0.3, -0.25) is 9.89 Å². The molecule has 1 aliphatic carbocycles. The number of carbonyl (C=O) groups is 1. The highest BCUT2D eigenvalue weighted by atomic mass is 19.4. The summed E-state index contributed by atoms with van der Waals surface area (Å²) in [5, 5.41) is 9.42. The Morgan fingerprint density at radius 3 is 2.55 bits per heavy atom. The number of ether oxygens (including phenoxy) is 1. The van der Waals surface area contributed by atoms with E-state index in [9.17, 15) is 18.0 Å². The standard InChI is InChI=1S/C14H12F3N3O2/c15-14(16,17)22-10-5-3-9(4-6-10)13(21)18-12-7-11(19-20-12)8-1-2-8/h3-8H,1-2H2,(H2,18,19,20,21). The van der Waals surface area contributed by atoms with Gasteiger partial charge in [0.25, 0.3) is 5.91 Å². The number of nitrogens with one attached hydrogen (secondary N) is 2. The van der Waals surface area contributed by atoms with Crippen LogP contribution >= 0.6 is 0 Å². The summed E-state index contributed by atoms with van der Waals surface area (Å²) in [4.78, 5) is 12.0. The smallest absolute Gasteiger partial charge is 0.406 e. The molecule has 0 aliphatic heterocycles. The zero-order chi connectivity index (χ0) is 15.7. The van der Waals surface area contributed by atoms with E-state index >= 15 is 0 Å². The van der Waals surface area contributed by atoms with Crippen LogP contribution in [0.15, 0.2) is 30.3 Å². The van der Waals surface area contributed by atoms with Gasteiger partial charge in [-0.1, -0.05) is 0 Å². The van der Waals surface area contributed by atoms with E-state index in [4.69, 9.17) is 0 Å². The molecule has 116 valence electrons. The second-order valence-corrected chi connectivity index (χ2v) is 5.01. The molecule has 0 bridgehead atoms. The number of halogens is 3. The number of anilines is 1. The van der Waals surface area contributed by atoms with Crippen LogP contribution in [-0.2, 0) is 0 Å². The van der Waals surface area contributed by atoms with E-state index in [-0.39, 0.29) is 11.3 Å². The number of nitrogens with zero attached hydrogens (tertiary/aromatic N) is 1. The lowest BCUT2D eigenvalue weighted by Crippen LogP contribution is -2.17. The van der Waals surface area contributed by atoms with Crippen molar-refractivity contribution < 1.29 is 22.7 Å². The SMILES string of the molecule is O=C(Nc1cc(C2CC2)n[nH]1)c1ccc(OC(F)(F)F)cc1.